The molecule has 3 rings (SSSR count). The van der Waals surface area contributed by atoms with Gasteiger partial charge in [-0.3, -0.25) is 14.5 Å². The summed E-state index contributed by atoms with van der Waals surface area (Å²) < 4.78 is 11.1. The zero-order valence-electron chi connectivity index (χ0n) is 14.7. The lowest BCUT2D eigenvalue weighted by Gasteiger charge is -2.41. The molecule has 1 atom stereocenters. The maximum atomic E-state index is 13.1. The first-order valence-electron chi connectivity index (χ1n) is 8.91. The van der Waals surface area contributed by atoms with E-state index < -0.39 is 11.8 Å². The van der Waals surface area contributed by atoms with Crippen molar-refractivity contribution in [2.45, 2.75) is 50.3 Å². The molecule has 1 aromatic rings. The van der Waals surface area contributed by atoms with Gasteiger partial charge in [-0.25, -0.2) is 0 Å². The highest BCUT2D eigenvalue weighted by Crippen LogP contribution is 2.41. The lowest BCUT2D eigenvalue weighted by molar-refractivity contribution is -0.159. The van der Waals surface area contributed by atoms with Crippen LogP contribution in [0.2, 0.25) is 0 Å². The maximum Gasteiger partial charge on any atom is 0.245 e. The Hall–Kier alpha value is -1.44. The second-order valence-electron chi connectivity index (χ2n) is 6.64. The van der Waals surface area contributed by atoms with Crippen molar-refractivity contribution in [3.8, 4) is 0 Å². The first kappa shape index (κ1) is 18.4. The molecule has 138 valence electrons. The third-order valence-electron chi connectivity index (χ3n) is 4.98. The number of nitrogens with one attached hydrogen (secondary N) is 1. The number of carbonyl (C=O) groups is 2. The van der Waals surface area contributed by atoms with E-state index in [4.69, 9.17) is 9.47 Å². The van der Waals surface area contributed by atoms with Gasteiger partial charge < -0.3 is 14.8 Å². The van der Waals surface area contributed by atoms with Crippen LogP contribution in [0.1, 0.15) is 37.0 Å². The van der Waals surface area contributed by atoms with Gasteiger partial charge >= 0.3 is 0 Å². The average Bonchev–Trinajstić information content (AvgIpc) is 3.24. The van der Waals surface area contributed by atoms with E-state index in [2.05, 4.69) is 5.32 Å². The lowest BCUT2D eigenvalue weighted by atomic mass is 9.90. The highest BCUT2D eigenvalue weighted by molar-refractivity contribution is 7.10. The van der Waals surface area contributed by atoms with Gasteiger partial charge in [0.25, 0.3) is 0 Å². The van der Waals surface area contributed by atoms with Crippen LogP contribution in [0.3, 0.4) is 0 Å². The SMILES string of the molecule is COCCNC(=O)C1COC2(CCCCC2)N1C(=O)Cc1cccs1. The Labute approximate surface area is 152 Å². The fourth-order valence-corrected chi connectivity index (χ4v) is 4.48. The van der Waals surface area contributed by atoms with Gasteiger partial charge in [-0.2, -0.15) is 0 Å². The number of rotatable bonds is 6. The second kappa shape index (κ2) is 8.29. The average molecular weight is 366 g/mol. The van der Waals surface area contributed by atoms with Gasteiger partial charge in [0.15, 0.2) is 0 Å². The molecule has 0 aromatic carbocycles. The molecule has 1 spiro atoms. The first-order chi connectivity index (χ1) is 12.2. The minimum absolute atomic E-state index is 0.0197. The van der Waals surface area contributed by atoms with E-state index in [1.54, 1.807) is 23.3 Å². The quantitative estimate of drug-likeness (QED) is 0.782. The summed E-state index contributed by atoms with van der Waals surface area (Å²) in [6.07, 6.45) is 5.16. The Kier molecular flexibility index (Phi) is 6.09. The number of methoxy groups -OCH3 is 1. The molecular formula is C18H26N2O4S. The number of hydrogen-bond acceptors (Lipinski definition) is 5. The monoisotopic (exact) mass is 366 g/mol. The highest BCUT2D eigenvalue weighted by Gasteiger charge is 2.52. The van der Waals surface area contributed by atoms with E-state index in [0.29, 0.717) is 19.6 Å². The van der Waals surface area contributed by atoms with Crippen LogP contribution < -0.4 is 5.32 Å². The lowest BCUT2D eigenvalue weighted by Crippen LogP contribution is -2.57. The predicted octanol–water partition coefficient (Wildman–Crippen LogP) is 1.94. The van der Waals surface area contributed by atoms with Crippen LogP contribution in [0.25, 0.3) is 0 Å². The van der Waals surface area contributed by atoms with E-state index >= 15 is 0 Å². The minimum Gasteiger partial charge on any atom is -0.383 e. The number of nitrogens with zero attached hydrogens (tertiary/aromatic N) is 1. The Morgan fingerprint density at radius 2 is 2.20 bits per heavy atom. The fraction of sp³-hybridized carbons (Fsp3) is 0.667. The molecule has 25 heavy (non-hydrogen) atoms. The van der Waals surface area contributed by atoms with Crippen LogP contribution in [0, 0.1) is 0 Å². The molecule has 1 saturated heterocycles. The van der Waals surface area contributed by atoms with Crippen LogP contribution in [0.5, 0.6) is 0 Å². The highest BCUT2D eigenvalue weighted by atomic mass is 32.1. The summed E-state index contributed by atoms with van der Waals surface area (Å²) in [7, 11) is 1.60. The summed E-state index contributed by atoms with van der Waals surface area (Å²) in [4.78, 5) is 28.5. The van der Waals surface area contributed by atoms with Crippen molar-refractivity contribution < 1.29 is 19.1 Å². The molecular weight excluding hydrogens is 340 g/mol. The largest absolute Gasteiger partial charge is 0.383 e. The van der Waals surface area contributed by atoms with Crippen molar-refractivity contribution in [1.29, 1.82) is 0 Å². The summed E-state index contributed by atoms with van der Waals surface area (Å²) >= 11 is 1.57. The van der Waals surface area contributed by atoms with Crippen molar-refractivity contribution in [3.05, 3.63) is 22.4 Å². The number of amides is 2. The standard InChI is InChI=1S/C18H26N2O4S/c1-23-10-9-19-17(22)15-13-24-18(7-3-2-4-8-18)20(15)16(21)12-14-6-5-11-25-14/h5-6,11,15H,2-4,7-10,12-13H2,1H3,(H,19,22). The summed E-state index contributed by atoms with van der Waals surface area (Å²) in [5.74, 6) is -0.173. The van der Waals surface area contributed by atoms with E-state index in [-0.39, 0.29) is 18.4 Å². The van der Waals surface area contributed by atoms with E-state index in [1.807, 2.05) is 17.5 Å². The van der Waals surface area contributed by atoms with Crippen molar-refractivity contribution in [1.82, 2.24) is 10.2 Å². The predicted molar refractivity (Wildman–Crippen MR) is 95.3 cm³/mol. The van der Waals surface area contributed by atoms with Gasteiger partial charge in [-0.05, 0) is 37.1 Å². The smallest absolute Gasteiger partial charge is 0.245 e. The molecule has 2 heterocycles. The van der Waals surface area contributed by atoms with Crippen LogP contribution in [0.15, 0.2) is 17.5 Å². The van der Waals surface area contributed by atoms with Gasteiger partial charge in [0.05, 0.1) is 19.6 Å². The van der Waals surface area contributed by atoms with Gasteiger partial charge in [0.2, 0.25) is 11.8 Å². The molecule has 6 nitrogen and oxygen atoms in total. The first-order valence-corrected chi connectivity index (χ1v) is 9.79. The molecule has 1 aromatic heterocycles. The van der Waals surface area contributed by atoms with E-state index in [0.717, 1.165) is 37.0 Å². The van der Waals surface area contributed by atoms with Crippen LogP contribution in [-0.4, -0.2) is 55.3 Å². The molecule has 0 radical (unpaired) electrons. The van der Waals surface area contributed by atoms with Crippen molar-refractivity contribution in [2.24, 2.45) is 0 Å². The van der Waals surface area contributed by atoms with Crippen molar-refractivity contribution in [2.75, 3.05) is 26.9 Å². The Balaban J connectivity index is 1.76. The Morgan fingerprint density at radius 1 is 1.40 bits per heavy atom. The zero-order chi connectivity index (χ0) is 17.7. The summed E-state index contributed by atoms with van der Waals surface area (Å²) in [6.45, 7) is 1.16. The molecule has 1 saturated carbocycles. The number of hydrogen-bond donors (Lipinski definition) is 1. The van der Waals surface area contributed by atoms with Crippen LogP contribution in [-0.2, 0) is 25.5 Å². The van der Waals surface area contributed by atoms with Crippen molar-refractivity contribution in [3.63, 3.8) is 0 Å². The Morgan fingerprint density at radius 3 is 2.88 bits per heavy atom. The number of thiophene rings is 1. The molecule has 1 aliphatic heterocycles. The van der Waals surface area contributed by atoms with Gasteiger partial charge in [0, 0.05) is 18.5 Å². The van der Waals surface area contributed by atoms with Gasteiger partial charge in [-0.1, -0.05) is 12.5 Å². The minimum atomic E-state index is -0.601. The summed E-state index contributed by atoms with van der Waals surface area (Å²) in [6, 6.07) is 3.35. The Bertz CT molecular complexity index is 584. The van der Waals surface area contributed by atoms with Crippen LogP contribution in [0.4, 0.5) is 0 Å². The molecule has 1 unspecified atom stereocenters. The molecule has 7 heteroatoms. The van der Waals surface area contributed by atoms with Crippen LogP contribution >= 0.6 is 11.3 Å². The van der Waals surface area contributed by atoms with E-state index in [9.17, 15) is 9.59 Å². The maximum absolute atomic E-state index is 13.1. The zero-order valence-corrected chi connectivity index (χ0v) is 15.5. The number of ether oxygens (including phenoxy) is 2. The normalized spacial score (nSPS) is 22.3. The molecule has 1 N–H and O–H groups in total. The molecule has 2 amide bonds. The second-order valence-corrected chi connectivity index (χ2v) is 7.67. The number of carbonyl (C=O) groups excluding carboxylic acids is 2. The van der Waals surface area contributed by atoms with E-state index in [1.165, 1.54) is 0 Å². The molecule has 2 aliphatic rings. The summed E-state index contributed by atoms with van der Waals surface area (Å²) in [5.41, 5.74) is -0.601. The summed E-state index contributed by atoms with van der Waals surface area (Å²) in [5, 5.41) is 4.82. The van der Waals surface area contributed by atoms with Gasteiger partial charge in [0.1, 0.15) is 11.8 Å². The van der Waals surface area contributed by atoms with Crippen molar-refractivity contribution >= 4 is 23.2 Å². The third kappa shape index (κ3) is 4.04. The van der Waals surface area contributed by atoms with Gasteiger partial charge in [-0.15, -0.1) is 11.3 Å². The fourth-order valence-electron chi connectivity index (χ4n) is 3.79. The third-order valence-corrected chi connectivity index (χ3v) is 5.85. The molecule has 1 aliphatic carbocycles. The molecule has 2 fully saturated rings. The molecule has 0 bridgehead atoms. The topological polar surface area (TPSA) is 67.9 Å².